The molecule has 2 aromatic rings. The number of aromatic amines is 1. The fourth-order valence-electron chi connectivity index (χ4n) is 2.92. The molecule has 0 aromatic carbocycles. The number of carbonyl (C=O) groups is 2. The summed E-state index contributed by atoms with van der Waals surface area (Å²) in [5, 5.41) is 5.21. The number of H-pyrrole nitrogens is 1. The molecule has 2 unspecified atom stereocenters. The van der Waals surface area contributed by atoms with Crippen molar-refractivity contribution < 1.29 is 18.7 Å². The second-order valence-corrected chi connectivity index (χ2v) is 7.91. The molecule has 152 valence electrons. The summed E-state index contributed by atoms with van der Waals surface area (Å²) in [6.07, 6.45) is -0.926. The number of piperidine rings is 1. The van der Waals surface area contributed by atoms with Gasteiger partial charge < -0.3 is 19.9 Å². The third-order valence-corrected chi connectivity index (χ3v) is 6.23. The maximum atomic E-state index is 14.7. The molecule has 1 saturated heterocycles. The number of nitrogens with one attached hydrogen (secondary N) is 2. The Labute approximate surface area is 175 Å². The summed E-state index contributed by atoms with van der Waals surface area (Å²) in [5.74, 6) is -0.999. The number of thiazole rings is 1. The van der Waals surface area contributed by atoms with Gasteiger partial charge in [-0.2, -0.15) is 0 Å². The summed E-state index contributed by atoms with van der Waals surface area (Å²) in [6, 6.07) is -0.660. The van der Waals surface area contributed by atoms with Gasteiger partial charge in [-0.3, -0.25) is 4.79 Å². The van der Waals surface area contributed by atoms with E-state index in [9.17, 15) is 14.0 Å². The van der Waals surface area contributed by atoms with Gasteiger partial charge in [-0.15, -0.1) is 11.3 Å². The molecule has 0 spiro atoms. The number of carbonyl (C=O) groups excluding carboxylic acids is 2. The van der Waals surface area contributed by atoms with Crippen LogP contribution in [0.2, 0.25) is 10.0 Å². The first-order valence-electron chi connectivity index (χ1n) is 8.67. The average Bonchev–Trinajstić information content (AvgIpc) is 3.25. The number of anilines is 1. The Balaban J connectivity index is 1.61. The van der Waals surface area contributed by atoms with Crippen LogP contribution in [0.3, 0.4) is 0 Å². The number of esters is 1. The van der Waals surface area contributed by atoms with Crippen LogP contribution in [0, 0.1) is 6.92 Å². The van der Waals surface area contributed by atoms with E-state index in [2.05, 4.69) is 15.3 Å². The van der Waals surface area contributed by atoms with Crippen LogP contribution in [0.5, 0.6) is 0 Å². The van der Waals surface area contributed by atoms with Gasteiger partial charge in [0.15, 0.2) is 10.8 Å². The molecule has 2 atom stereocenters. The highest BCUT2D eigenvalue weighted by Gasteiger charge is 2.33. The lowest BCUT2D eigenvalue weighted by atomic mass is 10.0. The monoisotopic (exact) mass is 448 g/mol. The van der Waals surface area contributed by atoms with Gasteiger partial charge in [-0.25, -0.2) is 14.2 Å². The average molecular weight is 449 g/mol. The summed E-state index contributed by atoms with van der Waals surface area (Å²) >= 11 is 13.3. The van der Waals surface area contributed by atoms with Crippen molar-refractivity contribution in [3.8, 4) is 0 Å². The molecule has 11 heteroatoms. The van der Waals surface area contributed by atoms with Crippen LogP contribution in [0.1, 0.15) is 40.0 Å². The van der Waals surface area contributed by atoms with Crippen molar-refractivity contribution >= 4 is 51.5 Å². The predicted octanol–water partition coefficient (Wildman–Crippen LogP) is 3.61. The van der Waals surface area contributed by atoms with Crippen molar-refractivity contribution in [2.45, 2.75) is 32.5 Å². The van der Waals surface area contributed by atoms with Crippen LogP contribution in [-0.2, 0) is 4.74 Å². The molecule has 7 nitrogen and oxygen atoms in total. The van der Waals surface area contributed by atoms with Crippen molar-refractivity contribution in [3.05, 3.63) is 32.5 Å². The second kappa shape index (κ2) is 8.67. The number of amides is 1. The number of ether oxygens (including phenoxy) is 1. The lowest BCUT2D eigenvalue weighted by Crippen LogP contribution is -2.52. The Morgan fingerprint density at radius 2 is 2.21 bits per heavy atom. The molecule has 0 aliphatic carbocycles. The Morgan fingerprint density at radius 1 is 1.46 bits per heavy atom. The number of hydrogen-bond acceptors (Lipinski definition) is 6. The van der Waals surface area contributed by atoms with E-state index in [0.29, 0.717) is 23.8 Å². The first-order chi connectivity index (χ1) is 13.3. The number of alkyl halides is 1. The molecule has 0 saturated carbocycles. The fourth-order valence-corrected chi connectivity index (χ4v) is 4.17. The minimum absolute atomic E-state index is 0.0545. The molecule has 0 bridgehead atoms. The van der Waals surface area contributed by atoms with Crippen LogP contribution in [0.15, 0.2) is 5.38 Å². The summed E-state index contributed by atoms with van der Waals surface area (Å²) in [4.78, 5) is 32.9. The lowest BCUT2D eigenvalue weighted by Gasteiger charge is -2.34. The van der Waals surface area contributed by atoms with Crippen molar-refractivity contribution in [2.75, 3.05) is 24.6 Å². The van der Waals surface area contributed by atoms with E-state index in [0.717, 1.165) is 0 Å². The highest BCUT2D eigenvalue weighted by molar-refractivity contribution is 7.13. The first kappa shape index (κ1) is 20.9. The highest BCUT2D eigenvalue weighted by atomic mass is 35.5. The number of aryl methyl sites for hydroxylation is 1. The summed E-state index contributed by atoms with van der Waals surface area (Å²) in [6.45, 7) is 4.21. The first-order valence-corrected chi connectivity index (χ1v) is 10.3. The zero-order valence-electron chi connectivity index (χ0n) is 15.2. The van der Waals surface area contributed by atoms with Gasteiger partial charge in [0.1, 0.15) is 11.9 Å². The number of rotatable bonds is 5. The molecule has 0 radical (unpaired) electrons. The summed E-state index contributed by atoms with van der Waals surface area (Å²) in [5.41, 5.74) is 0.906. The molecule has 2 N–H and O–H groups in total. The second-order valence-electron chi connectivity index (χ2n) is 6.32. The normalized spacial score (nSPS) is 19.5. The molecule has 3 rings (SSSR count). The molecule has 1 aliphatic heterocycles. The van der Waals surface area contributed by atoms with Crippen LogP contribution >= 0.6 is 34.5 Å². The SMILES string of the molecule is CCOC(=O)c1csc(N2CCC(NC(=O)c3[nH]c(C)c(Cl)c3Cl)C(F)C2)n1. The van der Waals surface area contributed by atoms with Crippen LogP contribution < -0.4 is 10.2 Å². The van der Waals surface area contributed by atoms with Gasteiger partial charge in [0.2, 0.25) is 0 Å². The molecular weight excluding hydrogens is 430 g/mol. The maximum absolute atomic E-state index is 14.7. The van der Waals surface area contributed by atoms with Gasteiger partial charge in [0.05, 0.1) is 29.2 Å². The molecule has 2 aromatic heterocycles. The maximum Gasteiger partial charge on any atom is 0.357 e. The topological polar surface area (TPSA) is 87.3 Å². The van der Waals surface area contributed by atoms with E-state index < -0.39 is 24.1 Å². The molecule has 28 heavy (non-hydrogen) atoms. The molecule has 3 heterocycles. The van der Waals surface area contributed by atoms with Crippen molar-refractivity contribution in [2.24, 2.45) is 0 Å². The third kappa shape index (κ3) is 4.26. The zero-order chi connectivity index (χ0) is 20.4. The molecular formula is C17H19Cl2FN4O3S. The fraction of sp³-hybridized carbons (Fsp3) is 0.471. The number of hydrogen-bond donors (Lipinski definition) is 2. The summed E-state index contributed by atoms with van der Waals surface area (Å²) in [7, 11) is 0. The van der Waals surface area contributed by atoms with Crippen molar-refractivity contribution in [1.82, 2.24) is 15.3 Å². The number of nitrogens with zero attached hydrogens (tertiary/aromatic N) is 2. The highest BCUT2D eigenvalue weighted by Crippen LogP contribution is 2.30. The molecule has 1 aliphatic rings. The largest absolute Gasteiger partial charge is 0.461 e. The summed E-state index contributed by atoms with van der Waals surface area (Å²) < 4.78 is 19.6. The van der Waals surface area contributed by atoms with Crippen molar-refractivity contribution in [3.63, 3.8) is 0 Å². The Bertz CT molecular complexity index is 888. The van der Waals surface area contributed by atoms with Gasteiger partial charge in [0.25, 0.3) is 5.91 Å². The standard InChI is InChI=1S/C17H19Cl2FN4O3S/c1-3-27-16(26)11-7-28-17(23-11)24-5-4-10(9(20)6-24)22-15(25)14-13(19)12(18)8(2)21-14/h7,9-10,21H,3-6H2,1-2H3,(H,22,25). The van der Waals surface area contributed by atoms with Gasteiger partial charge >= 0.3 is 5.97 Å². The van der Waals surface area contributed by atoms with E-state index in [1.807, 2.05) is 0 Å². The van der Waals surface area contributed by atoms with Crippen molar-refractivity contribution in [1.29, 1.82) is 0 Å². The smallest absolute Gasteiger partial charge is 0.357 e. The Morgan fingerprint density at radius 3 is 2.82 bits per heavy atom. The van der Waals surface area contributed by atoms with E-state index in [1.165, 1.54) is 11.3 Å². The zero-order valence-corrected chi connectivity index (χ0v) is 17.6. The van der Waals surface area contributed by atoms with Gasteiger partial charge in [-0.1, -0.05) is 23.2 Å². The minimum atomic E-state index is -1.31. The molecule has 1 amide bonds. The number of halogens is 3. The number of aromatic nitrogens is 2. The predicted molar refractivity (Wildman–Crippen MR) is 107 cm³/mol. The van der Waals surface area contributed by atoms with E-state index >= 15 is 0 Å². The third-order valence-electron chi connectivity index (χ3n) is 4.39. The van der Waals surface area contributed by atoms with Gasteiger partial charge in [-0.05, 0) is 20.3 Å². The van der Waals surface area contributed by atoms with Crippen LogP contribution in [0.4, 0.5) is 9.52 Å². The Hall–Kier alpha value is -1.84. The van der Waals surface area contributed by atoms with Gasteiger partial charge in [0, 0.05) is 17.6 Å². The quantitative estimate of drug-likeness (QED) is 0.682. The minimum Gasteiger partial charge on any atom is -0.461 e. The lowest BCUT2D eigenvalue weighted by molar-refractivity contribution is 0.0520. The van der Waals surface area contributed by atoms with Crippen LogP contribution in [0.25, 0.3) is 0 Å². The Kier molecular flexibility index (Phi) is 6.47. The van der Waals surface area contributed by atoms with E-state index in [-0.39, 0.29) is 34.6 Å². The molecule has 1 fully saturated rings. The van der Waals surface area contributed by atoms with E-state index in [1.54, 1.807) is 24.1 Å². The van der Waals surface area contributed by atoms with E-state index in [4.69, 9.17) is 27.9 Å². The van der Waals surface area contributed by atoms with Crippen LogP contribution in [-0.4, -0.2) is 53.8 Å².